The van der Waals surface area contributed by atoms with Crippen LogP contribution in [0.15, 0.2) is 29.3 Å². The van der Waals surface area contributed by atoms with Gasteiger partial charge in [0.25, 0.3) is 9.05 Å². The topological polar surface area (TPSA) is 47.0 Å². The molecule has 1 aromatic rings. The largest absolute Gasteiger partial charge is 0.263 e. The lowest BCUT2D eigenvalue weighted by atomic mass is 10.5. The number of halogens is 1. The van der Waals surface area contributed by atoms with E-state index in [1.165, 1.54) is 0 Å². The van der Waals surface area contributed by atoms with Crippen LogP contribution in [0.2, 0.25) is 0 Å². The summed E-state index contributed by atoms with van der Waals surface area (Å²) >= 11 is 0. The van der Waals surface area contributed by atoms with E-state index in [-0.39, 0.29) is 0 Å². The third-order valence-corrected chi connectivity index (χ3v) is 1.83. The molecule has 0 bridgehead atoms. The van der Waals surface area contributed by atoms with Gasteiger partial charge in [-0.2, -0.15) is 0 Å². The van der Waals surface area contributed by atoms with Crippen LogP contribution in [0.3, 0.4) is 0 Å². The van der Waals surface area contributed by atoms with Crippen molar-refractivity contribution in [2.75, 3.05) is 0 Å². The molecule has 3 nitrogen and oxygen atoms in total. The molecule has 0 fully saturated rings. The molecule has 0 amide bonds. The van der Waals surface area contributed by atoms with E-state index < -0.39 is 38.4 Å². The van der Waals surface area contributed by atoms with Crippen molar-refractivity contribution in [3.63, 3.8) is 0 Å². The van der Waals surface area contributed by atoms with Crippen LogP contribution in [-0.4, -0.2) is 13.4 Å². The van der Waals surface area contributed by atoms with E-state index in [0.717, 1.165) is 0 Å². The molecule has 0 aliphatic carbocycles. The maximum absolute atomic E-state index is 10.9. The fourth-order valence-corrected chi connectivity index (χ4v) is 0.882. The fraction of sp³-hybridized carbons (Fsp3) is 0. The maximum atomic E-state index is 10.9. The molecule has 0 saturated heterocycles. The molecule has 10 heavy (non-hydrogen) atoms. The van der Waals surface area contributed by atoms with E-state index in [0.29, 0.717) is 0 Å². The lowest BCUT2D eigenvalue weighted by Gasteiger charge is -1.90. The first-order chi connectivity index (χ1) is 6.25. The summed E-state index contributed by atoms with van der Waals surface area (Å²) in [5, 5.41) is 0. The molecule has 0 spiro atoms. The maximum Gasteiger partial charge on any atom is 0.262 e. The Bertz CT molecular complexity index is 489. The van der Waals surface area contributed by atoms with Crippen LogP contribution >= 0.6 is 10.7 Å². The molecule has 0 unspecified atom stereocenters. The number of pyridine rings is 1. The van der Waals surface area contributed by atoms with Gasteiger partial charge in [-0.05, 0) is 12.1 Å². The standard InChI is InChI=1S/C5H4ClNO2S/c6-10(8,9)5-2-1-3-7-4-5/h1-4H/i1D,2D,3D,4D. The monoisotopic (exact) mass is 181 g/mol. The third-order valence-electron chi connectivity index (χ3n) is 0.689. The van der Waals surface area contributed by atoms with Crippen LogP contribution in [0.1, 0.15) is 5.48 Å². The number of nitrogens with zero attached hydrogens (tertiary/aromatic N) is 1. The first-order valence-electron chi connectivity index (χ1n) is 4.14. The average molecular weight is 182 g/mol. The number of rotatable bonds is 1. The van der Waals surface area contributed by atoms with Crippen molar-refractivity contribution in [1.82, 2.24) is 4.98 Å². The summed E-state index contributed by atoms with van der Waals surface area (Å²) in [6, 6.07) is -1.44. The Morgan fingerprint density at radius 3 is 3.00 bits per heavy atom. The first-order valence-corrected chi connectivity index (χ1v) is 4.45. The fourth-order valence-electron chi connectivity index (χ4n) is 0.335. The van der Waals surface area contributed by atoms with Crippen LogP contribution in [0.25, 0.3) is 0 Å². The van der Waals surface area contributed by atoms with Gasteiger partial charge in [0.1, 0.15) is 4.90 Å². The minimum Gasteiger partial charge on any atom is -0.263 e. The number of hydrogen-bond donors (Lipinski definition) is 0. The van der Waals surface area contributed by atoms with Crippen molar-refractivity contribution in [1.29, 1.82) is 0 Å². The van der Waals surface area contributed by atoms with Crippen LogP contribution in [0.5, 0.6) is 0 Å². The van der Waals surface area contributed by atoms with Crippen LogP contribution < -0.4 is 0 Å². The minimum absolute atomic E-state index is 0.621. The highest BCUT2D eigenvalue weighted by molar-refractivity contribution is 8.13. The van der Waals surface area contributed by atoms with Crippen molar-refractivity contribution in [3.8, 4) is 0 Å². The number of aromatic nitrogens is 1. The molecular weight excluding hydrogens is 174 g/mol. The highest BCUT2D eigenvalue weighted by Gasteiger charge is 2.07. The summed E-state index contributed by atoms with van der Waals surface area (Å²) < 4.78 is 50.2. The molecule has 0 aromatic carbocycles. The third kappa shape index (κ3) is 1.68. The molecule has 1 rings (SSSR count). The quantitative estimate of drug-likeness (QED) is 0.608. The van der Waals surface area contributed by atoms with E-state index >= 15 is 0 Å². The van der Waals surface area contributed by atoms with Crippen molar-refractivity contribution < 1.29 is 13.9 Å². The second-order valence-electron chi connectivity index (χ2n) is 1.35. The van der Waals surface area contributed by atoms with Gasteiger partial charge in [-0.25, -0.2) is 8.42 Å². The van der Waals surface area contributed by atoms with Gasteiger partial charge in [-0.1, -0.05) is 0 Å². The molecule has 54 valence electrons. The summed E-state index contributed by atoms with van der Waals surface area (Å²) in [4.78, 5) is 2.33. The van der Waals surface area contributed by atoms with Gasteiger partial charge in [0, 0.05) is 23.0 Å². The minimum atomic E-state index is -4.27. The van der Waals surface area contributed by atoms with Gasteiger partial charge < -0.3 is 0 Å². The Morgan fingerprint density at radius 1 is 1.70 bits per heavy atom. The molecule has 0 radical (unpaired) electrons. The first kappa shape index (κ1) is 3.69. The van der Waals surface area contributed by atoms with Crippen molar-refractivity contribution >= 4 is 19.7 Å². The average Bonchev–Trinajstić information content (AvgIpc) is 1.97. The van der Waals surface area contributed by atoms with Crippen LogP contribution in [0.4, 0.5) is 0 Å². The van der Waals surface area contributed by atoms with Gasteiger partial charge in [0.05, 0.1) is 5.48 Å². The van der Waals surface area contributed by atoms with E-state index in [9.17, 15) is 8.42 Å². The predicted octanol–water partition coefficient (Wildman–Crippen LogP) is 1.01. The molecule has 1 heterocycles. The zero-order valence-electron chi connectivity index (χ0n) is 8.55. The Kier molecular flexibility index (Phi) is 0.942. The zero-order chi connectivity index (χ0) is 11.1. The molecule has 0 atom stereocenters. The SMILES string of the molecule is [2H]c1nc([2H])c(S(=O)(=O)Cl)c([2H])c1[2H]. The molecule has 0 saturated carbocycles. The molecule has 0 aliphatic rings. The Balaban J connectivity index is 3.70. The summed E-state index contributed by atoms with van der Waals surface area (Å²) in [5.41, 5.74) is 0. The van der Waals surface area contributed by atoms with E-state index in [1.807, 2.05) is 0 Å². The van der Waals surface area contributed by atoms with Crippen molar-refractivity contribution in [2.24, 2.45) is 0 Å². The van der Waals surface area contributed by atoms with E-state index in [4.69, 9.17) is 16.2 Å². The zero-order valence-corrected chi connectivity index (χ0v) is 6.12. The van der Waals surface area contributed by atoms with Gasteiger partial charge in [-0.3, -0.25) is 4.98 Å². The number of hydrogen-bond acceptors (Lipinski definition) is 3. The molecule has 1 aromatic heterocycles. The lowest BCUT2D eigenvalue weighted by molar-refractivity contribution is 0.609. The highest BCUT2D eigenvalue weighted by Crippen LogP contribution is 2.11. The second-order valence-corrected chi connectivity index (χ2v) is 3.86. The van der Waals surface area contributed by atoms with Crippen LogP contribution in [-0.2, 0) is 9.05 Å². The molecule has 5 heteroatoms. The van der Waals surface area contributed by atoms with Crippen LogP contribution in [0, 0.1) is 0 Å². The molecular formula is C5H4ClNO2S. The lowest BCUT2D eigenvalue weighted by Crippen LogP contribution is -1.89. The predicted molar refractivity (Wildman–Crippen MR) is 37.3 cm³/mol. The molecule has 0 aliphatic heterocycles. The Labute approximate surface area is 68.7 Å². The highest BCUT2D eigenvalue weighted by atomic mass is 35.7. The summed E-state index contributed by atoms with van der Waals surface area (Å²) in [5.74, 6) is 0. The Hall–Kier alpha value is -0.610. The molecule has 0 N–H and O–H groups in total. The summed E-state index contributed by atoms with van der Waals surface area (Å²) in [6.45, 7) is 0. The van der Waals surface area contributed by atoms with Gasteiger partial charge >= 0.3 is 0 Å². The normalized spacial score (nSPS) is 16.9. The van der Waals surface area contributed by atoms with Crippen molar-refractivity contribution in [3.05, 3.63) is 24.4 Å². The Morgan fingerprint density at radius 2 is 2.40 bits per heavy atom. The van der Waals surface area contributed by atoms with Gasteiger partial charge in [0.15, 0.2) is 0 Å². The van der Waals surface area contributed by atoms with E-state index in [1.54, 1.807) is 0 Å². The smallest absolute Gasteiger partial charge is 0.262 e. The van der Waals surface area contributed by atoms with E-state index in [2.05, 4.69) is 4.98 Å². The van der Waals surface area contributed by atoms with Gasteiger partial charge in [-0.15, -0.1) is 0 Å². The second kappa shape index (κ2) is 2.56. The summed E-state index contributed by atoms with van der Waals surface area (Å²) in [6.07, 6.45) is -1.41. The van der Waals surface area contributed by atoms with Crippen molar-refractivity contribution in [2.45, 2.75) is 4.90 Å². The van der Waals surface area contributed by atoms with Gasteiger partial charge in [0.2, 0.25) is 0 Å². The summed E-state index contributed by atoms with van der Waals surface area (Å²) in [7, 11) is 0.669.